The van der Waals surface area contributed by atoms with Gasteiger partial charge >= 0.3 is 12.1 Å². The standard InChI is InChI=1S/C10H12F3N3O2/c1-6(2)16(5-10(11,12)13)8-4-14-7(3-15-8)9(17)18/h3-4,6H,5H2,1-2H3,(H,17,18). The zero-order valence-corrected chi connectivity index (χ0v) is 9.77. The van der Waals surface area contributed by atoms with Crippen molar-refractivity contribution in [3.05, 3.63) is 18.1 Å². The molecule has 0 aliphatic carbocycles. The smallest absolute Gasteiger partial charge is 0.405 e. The van der Waals surface area contributed by atoms with Crippen LogP contribution in [0.4, 0.5) is 19.0 Å². The van der Waals surface area contributed by atoms with Gasteiger partial charge in [0, 0.05) is 6.04 Å². The molecule has 0 saturated heterocycles. The van der Waals surface area contributed by atoms with Crippen LogP contribution in [0.2, 0.25) is 0 Å². The molecule has 0 fully saturated rings. The third-order valence-electron chi connectivity index (χ3n) is 2.12. The van der Waals surface area contributed by atoms with E-state index in [1.807, 2.05) is 0 Å². The Morgan fingerprint density at radius 1 is 1.39 bits per heavy atom. The van der Waals surface area contributed by atoms with E-state index in [0.29, 0.717) is 0 Å². The predicted octanol–water partition coefficient (Wildman–Crippen LogP) is 1.95. The van der Waals surface area contributed by atoms with Crippen LogP contribution in [0.1, 0.15) is 24.3 Å². The maximum absolute atomic E-state index is 12.4. The Kier molecular flexibility index (Phi) is 4.10. The maximum Gasteiger partial charge on any atom is 0.405 e. The highest BCUT2D eigenvalue weighted by molar-refractivity contribution is 5.84. The summed E-state index contributed by atoms with van der Waals surface area (Å²) in [7, 11) is 0. The fourth-order valence-electron chi connectivity index (χ4n) is 1.30. The molecule has 1 aromatic heterocycles. The van der Waals surface area contributed by atoms with E-state index >= 15 is 0 Å². The summed E-state index contributed by atoms with van der Waals surface area (Å²) in [6, 6.07) is -0.434. The Hall–Kier alpha value is -1.86. The number of hydrogen-bond acceptors (Lipinski definition) is 4. The molecule has 100 valence electrons. The monoisotopic (exact) mass is 263 g/mol. The number of nitrogens with zero attached hydrogens (tertiary/aromatic N) is 3. The molecule has 1 rings (SSSR count). The van der Waals surface area contributed by atoms with Crippen LogP contribution >= 0.6 is 0 Å². The normalized spacial score (nSPS) is 11.7. The van der Waals surface area contributed by atoms with Gasteiger partial charge in [0.1, 0.15) is 12.4 Å². The molecule has 1 N–H and O–H groups in total. The van der Waals surface area contributed by atoms with Crippen LogP contribution in [0.25, 0.3) is 0 Å². The summed E-state index contributed by atoms with van der Waals surface area (Å²) in [6.45, 7) is 2.00. The highest BCUT2D eigenvalue weighted by atomic mass is 19.4. The number of aromatic nitrogens is 2. The van der Waals surface area contributed by atoms with E-state index in [1.165, 1.54) is 0 Å². The van der Waals surface area contributed by atoms with Crippen molar-refractivity contribution in [2.75, 3.05) is 11.4 Å². The zero-order valence-electron chi connectivity index (χ0n) is 9.77. The second kappa shape index (κ2) is 5.19. The second-order valence-electron chi connectivity index (χ2n) is 3.90. The molecular formula is C10H12F3N3O2. The molecule has 0 aromatic carbocycles. The van der Waals surface area contributed by atoms with Crippen LogP contribution in [-0.4, -0.2) is 39.8 Å². The molecule has 0 spiro atoms. The number of aromatic carboxylic acids is 1. The fraction of sp³-hybridized carbons (Fsp3) is 0.500. The van der Waals surface area contributed by atoms with Crippen molar-refractivity contribution in [2.24, 2.45) is 0 Å². The number of hydrogen-bond donors (Lipinski definition) is 1. The van der Waals surface area contributed by atoms with E-state index in [9.17, 15) is 18.0 Å². The lowest BCUT2D eigenvalue weighted by Gasteiger charge is -2.28. The van der Waals surface area contributed by atoms with Gasteiger partial charge < -0.3 is 10.0 Å². The summed E-state index contributed by atoms with van der Waals surface area (Å²) in [5, 5.41) is 8.61. The minimum absolute atomic E-state index is 0.00711. The molecule has 0 aliphatic rings. The highest BCUT2D eigenvalue weighted by Gasteiger charge is 2.32. The number of carbonyl (C=O) groups is 1. The van der Waals surface area contributed by atoms with Gasteiger partial charge in [-0.25, -0.2) is 14.8 Å². The van der Waals surface area contributed by atoms with E-state index in [4.69, 9.17) is 5.11 Å². The van der Waals surface area contributed by atoms with E-state index in [-0.39, 0.29) is 11.5 Å². The fourth-order valence-corrected chi connectivity index (χ4v) is 1.30. The molecule has 1 aromatic rings. The third kappa shape index (κ3) is 3.86. The van der Waals surface area contributed by atoms with Crippen molar-refractivity contribution in [2.45, 2.75) is 26.1 Å². The molecule has 5 nitrogen and oxygen atoms in total. The average Bonchev–Trinajstić information content (AvgIpc) is 2.24. The first-order valence-corrected chi connectivity index (χ1v) is 5.09. The van der Waals surface area contributed by atoms with Crippen molar-refractivity contribution in [3.8, 4) is 0 Å². The molecule has 0 unspecified atom stereocenters. The van der Waals surface area contributed by atoms with Crippen molar-refractivity contribution in [3.63, 3.8) is 0 Å². The van der Waals surface area contributed by atoms with Crippen molar-refractivity contribution in [1.82, 2.24) is 9.97 Å². The lowest BCUT2D eigenvalue weighted by Crippen LogP contribution is -2.39. The molecule has 0 radical (unpaired) electrons. The molecule has 18 heavy (non-hydrogen) atoms. The molecule has 0 aliphatic heterocycles. The summed E-state index contributed by atoms with van der Waals surface area (Å²) in [4.78, 5) is 18.8. The highest BCUT2D eigenvalue weighted by Crippen LogP contribution is 2.22. The van der Waals surface area contributed by atoms with Crippen molar-refractivity contribution >= 4 is 11.8 Å². The summed E-state index contributed by atoms with van der Waals surface area (Å²) in [5.74, 6) is -1.28. The molecule has 0 saturated carbocycles. The minimum atomic E-state index is -4.36. The number of halogens is 3. The number of rotatable bonds is 4. The van der Waals surface area contributed by atoms with Crippen LogP contribution in [0.5, 0.6) is 0 Å². The minimum Gasteiger partial charge on any atom is -0.476 e. The summed E-state index contributed by atoms with van der Waals surface area (Å²) >= 11 is 0. The van der Waals surface area contributed by atoms with E-state index in [1.54, 1.807) is 13.8 Å². The number of alkyl halides is 3. The summed E-state index contributed by atoms with van der Waals surface area (Å²) in [6.07, 6.45) is -2.41. The summed E-state index contributed by atoms with van der Waals surface area (Å²) < 4.78 is 37.1. The Balaban J connectivity index is 2.96. The van der Waals surface area contributed by atoms with Gasteiger partial charge in [0.25, 0.3) is 0 Å². The Labute approximate surface area is 101 Å². The SMILES string of the molecule is CC(C)N(CC(F)(F)F)c1cnc(C(=O)O)cn1. The van der Waals surface area contributed by atoms with Crippen LogP contribution < -0.4 is 4.90 Å². The van der Waals surface area contributed by atoms with Gasteiger partial charge in [-0.2, -0.15) is 13.2 Å². The zero-order chi connectivity index (χ0) is 13.9. The van der Waals surface area contributed by atoms with Gasteiger partial charge in [-0.3, -0.25) is 0 Å². The van der Waals surface area contributed by atoms with Gasteiger partial charge in [-0.1, -0.05) is 0 Å². The first kappa shape index (κ1) is 14.2. The van der Waals surface area contributed by atoms with Crippen LogP contribution in [0.3, 0.4) is 0 Å². The molecule has 0 bridgehead atoms. The predicted molar refractivity (Wildman–Crippen MR) is 57.5 cm³/mol. The van der Waals surface area contributed by atoms with Crippen molar-refractivity contribution < 1.29 is 23.1 Å². The van der Waals surface area contributed by atoms with E-state index < -0.39 is 24.7 Å². The van der Waals surface area contributed by atoms with Crippen molar-refractivity contribution in [1.29, 1.82) is 0 Å². The summed E-state index contributed by atoms with van der Waals surface area (Å²) in [5.41, 5.74) is -0.311. The van der Waals surface area contributed by atoms with Gasteiger partial charge in [0.05, 0.1) is 12.4 Å². The van der Waals surface area contributed by atoms with Gasteiger partial charge in [-0.05, 0) is 13.8 Å². The molecule has 1 heterocycles. The van der Waals surface area contributed by atoms with Crippen LogP contribution in [0, 0.1) is 0 Å². The third-order valence-corrected chi connectivity index (χ3v) is 2.12. The Bertz CT molecular complexity index is 417. The molecule has 8 heteroatoms. The quantitative estimate of drug-likeness (QED) is 0.899. The van der Waals surface area contributed by atoms with E-state index in [2.05, 4.69) is 9.97 Å². The lowest BCUT2D eigenvalue weighted by molar-refractivity contribution is -0.120. The number of carboxylic acid groups (broad SMARTS) is 1. The van der Waals surface area contributed by atoms with Crippen LogP contribution in [-0.2, 0) is 0 Å². The Morgan fingerprint density at radius 2 is 2.00 bits per heavy atom. The first-order valence-electron chi connectivity index (χ1n) is 5.09. The maximum atomic E-state index is 12.4. The van der Waals surface area contributed by atoms with Crippen LogP contribution in [0.15, 0.2) is 12.4 Å². The number of carboxylic acids is 1. The second-order valence-corrected chi connectivity index (χ2v) is 3.90. The Morgan fingerprint density at radius 3 is 2.33 bits per heavy atom. The lowest BCUT2D eigenvalue weighted by atomic mass is 10.3. The largest absolute Gasteiger partial charge is 0.476 e. The molecule has 0 amide bonds. The topological polar surface area (TPSA) is 66.3 Å². The van der Waals surface area contributed by atoms with Gasteiger partial charge in [-0.15, -0.1) is 0 Å². The average molecular weight is 263 g/mol. The molecule has 0 atom stereocenters. The number of anilines is 1. The molecular weight excluding hydrogens is 251 g/mol. The van der Waals surface area contributed by atoms with Gasteiger partial charge in [0.2, 0.25) is 0 Å². The first-order chi connectivity index (χ1) is 8.20. The van der Waals surface area contributed by atoms with E-state index in [0.717, 1.165) is 17.3 Å². The van der Waals surface area contributed by atoms with Gasteiger partial charge in [0.15, 0.2) is 5.69 Å².